The third-order valence-electron chi connectivity index (χ3n) is 1.55. The molecule has 1 aromatic heterocycles. The van der Waals surface area contributed by atoms with Crippen molar-refractivity contribution in [3.8, 4) is 5.88 Å². The van der Waals surface area contributed by atoms with Crippen LogP contribution >= 0.6 is 0 Å². The number of aliphatic carboxylic acids is 1. The predicted molar refractivity (Wildman–Crippen MR) is 49.2 cm³/mol. The summed E-state index contributed by atoms with van der Waals surface area (Å²) in [4.78, 5) is 18.0. The van der Waals surface area contributed by atoms with E-state index in [1.807, 2.05) is 6.92 Å². The molecule has 0 unspecified atom stereocenters. The Morgan fingerprint density at radius 1 is 1.57 bits per heavy atom. The monoisotopic (exact) mass is 196 g/mol. The van der Waals surface area contributed by atoms with Gasteiger partial charge in [-0.25, -0.2) is 14.8 Å². The summed E-state index contributed by atoms with van der Waals surface area (Å²) in [6.07, 6.45) is 3.20. The number of aryl methyl sites for hydroxylation is 1. The average Bonchev–Trinajstić information content (AvgIpc) is 2.16. The van der Waals surface area contributed by atoms with E-state index in [-0.39, 0.29) is 6.61 Å². The molecule has 1 rings (SSSR count). The van der Waals surface area contributed by atoms with E-state index in [2.05, 4.69) is 9.97 Å². The Morgan fingerprint density at radius 3 is 3.00 bits per heavy atom. The first-order valence-corrected chi connectivity index (χ1v) is 4.38. The highest BCUT2D eigenvalue weighted by Crippen LogP contribution is 2.07. The summed E-state index contributed by atoms with van der Waals surface area (Å²) in [6.45, 7) is 1.67. The summed E-state index contributed by atoms with van der Waals surface area (Å²) in [5.41, 5.74) is 0.864. The molecular weight excluding hydrogens is 184 g/mol. The number of ether oxygens (including phenoxy) is 1. The van der Waals surface area contributed by atoms with Crippen LogP contribution in [0.5, 0.6) is 5.88 Å². The quantitative estimate of drug-likeness (QED) is 0.757. The fourth-order valence-corrected chi connectivity index (χ4v) is 0.984. The smallest absolute Gasteiger partial charge is 0.341 e. The number of aromatic nitrogens is 2. The summed E-state index contributed by atoms with van der Waals surface area (Å²) in [5.74, 6) is -0.702. The van der Waals surface area contributed by atoms with Gasteiger partial charge < -0.3 is 9.84 Å². The van der Waals surface area contributed by atoms with E-state index in [0.29, 0.717) is 5.88 Å². The number of carboxylic acid groups (broad SMARTS) is 1. The van der Waals surface area contributed by atoms with E-state index in [1.54, 1.807) is 6.07 Å². The summed E-state index contributed by atoms with van der Waals surface area (Å²) >= 11 is 0. The van der Waals surface area contributed by atoms with Gasteiger partial charge in [-0.3, -0.25) is 0 Å². The topological polar surface area (TPSA) is 72.3 Å². The largest absolute Gasteiger partial charge is 0.479 e. The molecule has 0 saturated heterocycles. The Hall–Kier alpha value is -1.65. The fraction of sp³-hybridized carbons (Fsp3) is 0.444. The molecule has 0 aliphatic carbocycles. The number of rotatable bonds is 5. The standard InChI is InChI=1S/C9H12N2O3/c1-2-3-7-4-8(11-6-10-7)14-5-9(12)13/h4,6H,2-3,5H2,1H3,(H,12,13). The minimum Gasteiger partial charge on any atom is -0.479 e. The average molecular weight is 196 g/mol. The highest BCUT2D eigenvalue weighted by Gasteiger charge is 2.01. The van der Waals surface area contributed by atoms with Gasteiger partial charge in [0, 0.05) is 11.8 Å². The number of carboxylic acids is 1. The van der Waals surface area contributed by atoms with E-state index in [4.69, 9.17) is 9.84 Å². The molecule has 0 saturated carbocycles. The molecule has 0 aromatic carbocycles. The normalized spacial score (nSPS) is 9.79. The van der Waals surface area contributed by atoms with Crippen LogP contribution < -0.4 is 4.74 Å². The maximum absolute atomic E-state index is 10.2. The van der Waals surface area contributed by atoms with Crippen LogP contribution in [-0.2, 0) is 11.2 Å². The summed E-state index contributed by atoms with van der Waals surface area (Å²) < 4.78 is 4.90. The van der Waals surface area contributed by atoms with Gasteiger partial charge in [-0.15, -0.1) is 0 Å². The number of nitrogens with zero attached hydrogens (tertiary/aromatic N) is 2. The van der Waals surface area contributed by atoms with E-state index in [9.17, 15) is 4.79 Å². The van der Waals surface area contributed by atoms with Gasteiger partial charge >= 0.3 is 5.97 Å². The van der Waals surface area contributed by atoms with E-state index < -0.39 is 5.97 Å². The van der Waals surface area contributed by atoms with Crippen LogP contribution in [0.2, 0.25) is 0 Å². The lowest BCUT2D eigenvalue weighted by molar-refractivity contribution is -0.139. The lowest BCUT2D eigenvalue weighted by Crippen LogP contribution is -2.10. The van der Waals surface area contributed by atoms with Crippen LogP contribution in [-0.4, -0.2) is 27.7 Å². The lowest BCUT2D eigenvalue weighted by Gasteiger charge is -2.02. The SMILES string of the molecule is CCCc1cc(OCC(=O)O)ncn1. The summed E-state index contributed by atoms with van der Waals surface area (Å²) in [5, 5.41) is 8.38. The molecule has 0 atom stereocenters. The van der Waals surface area contributed by atoms with Crippen molar-refractivity contribution in [1.82, 2.24) is 9.97 Å². The van der Waals surface area contributed by atoms with Crippen LogP contribution in [0.15, 0.2) is 12.4 Å². The van der Waals surface area contributed by atoms with Crippen molar-refractivity contribution in [1.29, 1.82) is 0 Å². The molecular formula is C9H12N2O3. The van der Waals surface area contributed by atoms with Crippen molar-refractivity contribution < 1.29 is 14.6 Å². The molecule has 1 N–H and O–H groups in total. The Balaban J connectivity index is 2.58. The Bertz CT molecular complexity index is 315. The van der Waals surface area contributed by atoms with Gasteiger partial charge in [0.2, 0.25) is 5.88 Å². The van der Waals surface area contributed by atoms with Crippen LogP contribution in [0.25, 0.3) is 0 Å². The van der Waals surface area contributed by atoms with Gasteiger partial charge in [0.1, 0.15) is 6.33 Å². The van der Waals surface area contributed by atoms with Crippen LogP contribution in [0.4, 0.5) is 0 Å². The highest BCUT2D eigenvalue weighted by molar-refractivity contribution is 5.68. The fourth-order valence-electron chi connectivity index (χ4n) is 0.984. The molecule has 1 heterocycles. The zero-order valence-corrected chi connectivity index (χ0v) is 7.93. The number of hydrogen-bond acceptors (Lipinski definition) is 4. The first kappa shape index (κ1) is 10.4. The molecule has 0 bridgehead atoms. The van der Waals surface area contributed by atoms with Crippen molar-refractivity contribution in [2.45, 2.75) is 19.8 Å². The van der Waals surface area contributed by atoms with E-state index in [0.717, 1.165) is 18.5 Å². The summed E-state index contributed by atoms with van der Waals surface area (Å²) in [6, 6.07) is 1.66. The maximum Gasteiger partial charge on any atom is 0.341 e. The molecule has 76 valence electrons. The van der Waals surface area contributed by atoms with Crippen LogP contribution in [0, 0.1) is 0 Å². The van der Waals surface area contributed by atoms with Crippen molar-refractivity contribution >= 4 is 5.97 Å². The van der Waals surface area contributed by atoms with Crippen molar-refractivity contribution in [3.63, 3.8) is 0 Å². The second-order valence-corrected chi connectivity index (χ2v) is 2.78. The Labute approximate surface area is 81.8 Å². The van der Waals surface area contributed by atoms with Gasteiger partial charge in [0.25, 0.3) is 0 Å². The molecule has 1 aromatic rings. The Morgan fingerprint density at radius 2 is 2.36 bits per heavy atom. The molecule has 5 nitrogen and oxygen atoms in total. The van der Waals surface area contributed by atoms with Gasteiger partial charge in [0.15, 0.2) is 6.61 Å². The molecule has 14 heavy (non-hydrogen) atoms. The number of hydrogen-bond donors (Lipinski definition) is 1. The van der Waals surface area contributed by atoms with Crippen molar-refractivity contribution in [2.75, 3.05) is 6.61 Å². The highest BCUT2D eigenvalue weighted by atomic mass is 16.5. The Kier molecular flexibility index (Phi) is 3.84. The lowest BCUT2D eigenvalue weighted by atomic mass is 10.2. The maximum atomic E-state index is 10.2. The van der Waals surface area contributed by atoms with Crippen molar-refractivity contribution in [3.05, 3.63) is 18.1 Å². The molecule has 0 aliphatic heterocycles. The second kappa shape index (κ2) is 5.16. The van der Waals surface area contributed by atoms with E-state index >= 15 is 0 Å². The van der Waals surface area contributed by atoms with Gasteiger partial charge in [-0.1, -0.05) is 13.3 Å². The predicted octanol–water partition coefficient (Wildman–Crippen LogP) is 0.893. The zero-order chi connectivity index (χ0) is 10.4. The molecule has 0 aliphatic rings. The minimum atomic E-state index is -1.01. The molecule has 5 heteroatoms. The van der Waals surface area contributed by atoms with Gasteiger partial charge in [-0.2, -0.15) is 0 Å². The zero-order valence-electron chi connectivity index (χ0n) is 7.93. The van der Waals surface area contributed by atoms with Crippen LogP contribution in [0.1, 0.15) is 19.0 Å². The molecule has 0 fully saturated rings. The third-order valence-corrected chi connectivity index (χ3v) is 1.55. The van der Waals surface area contributed by atoms with Crippen LogP contribution in [0.3, 0.4) is 0 Å². The first-order chi connectivity index (χ1) is 6.72. The number of carbonyl (C=O) groups is 1. The first-order valence-electron chi connectivity index (χ1n) is 4.38. The van der Waals surface area contributed by atoms with E-state index in [1.165, 1.54) is 6.33 Å². The molecule has 0 amide bonds. The van der Waals surface area contributed by atoms with Crippen molar-refractivity contribution in [2.24, 2.45) is 0 Å². The second-order valence-electron chi connectivity index (χ2n) is 2.78. The van der Waals surface area contributed by atoms with Gasteiger partial charge in [-0.05, 0) is 6.42 Å². The molecule has 0 spiro atoms. The van der Waals surface area contributed by atoms with Gasteiger partial charge in [0.05, 0.1) is 0 Å². The minimum absolute atomic E-state index is 0.311. The summed E-state index contributed by atoms with van der Waals surface area (Å²) in [7, 11) is 0. The molecule has 0 radical (unpaired) electrons. The third kappa shape index (κ3) is 3.38.